The Hall–Kier alpha value is -0.290. The van der Waals surface area contributed by atoms with E-state index in [2.05, 4.69) is 4.74 Å². The molecule has 0 aromatic heterocycles. The first-order valence-electron chi connectivity index (χ1n) is 5.00. The van der Waals surface area contributed by atoms with Crippen molar-refractivity contribution in [3.8, 4) is 0 Å². The first-order valence-corrected chi connectivity index (χ1v) is 5.00. The summed E-state index contributed by atoms with van der Waals surface area (Å²) in [4.78, 5) is 0. The Labute approximate surface area is 88.4 Å². The summed E-state index contributed by atoms with van der Waals surface area (Å²) in [6.45, 7) is 5.51. The summed E-state index contributed by atoms with van der Waals surface area (Å²) >= 11 is 0. The van der Waals surface area contributed by atoms with Gasteiger partial charge in [0.1, 0.15) is 6.61 Å². The van der Waals surface area contributed by atoms with Gasteiger partial charge >= 0.3 is 6.18 Å². The number of rotatable bonds is 5. The minimum Gasteiger partial charge on any atom is -0.365 e. The van der Waals surface area contributed by atoms with E-state index in [9.17, 15) is 18.3 Å². The van der Waals surface area contributed by atoms with Crippen LogP contribution in [0.2, 0.25) is 0 Å². The Morgan fingerprint density at radius 2 is 1.60 bits per heavy atom. The Balaban J connectivity index is 4.39. The Morgan fingerprint density at radius 3 is 1.87 bits per heavy atom. The molecule has 0 radical (unpaired) electrons. The van der Waals surface area contributed by atoms with E-state index in [1.165, 1.54) is 0 Å². The van der Waals surface area contributed by atoms with Gasteiger partial charge in [0.05, 0.1) is 0 Å². The molecule has 0 aromatic rings. The number of aliphatic hydroxyl groups is 1. The standard InChI is InChI=1S/C10H19F3O2/c1-7(2)5-9(14,8(3)4)15-6-10(11,12)13/h7-8,14H,5-6H2,1-4H3. The van der Waals surface area contributed by atoms with Crippen molar-refractivity contribution in [3.05, 3.63) is 0 Å². The van der Waals surface area contributed by atoms with E-state index in [-0.39, 0.29) is 18.3 Å². The second-order valence-corrected chi connectivity index (χ2v) is 4.50. The molecule has 1 unspecified atom stereocenters. The third-order valence-corrected chi connectivity index (χ3v) is 2.09. The average molecular weight is 228 g/mol. The van der Waals surface area contributed by atoms with Crippen molar-refractivity contribution in [2.24, 2.45) is 11.8 Å². The lowest BCUT2D eigenvalue weighted by molar-refractivity contribution is -0.287. The maximum absolute atomic E-state index is 12.0. The lowest BCUT2D eigenvalue weighted by atomic mass is 9.93. The van der Waals surface area contributed by atoms with Crippen molar-refractivity contribution >= 4 is 0 Å². The molecule has 0 fully saturated rings. The third kappa shape index (κ3) is 5.99. The Kier molecular flexibility index (Phi) is 5.06. The lowest BCUT2D eigenvalue weighted by Gasteiger charge is -2.33. The molecular weight excluding hydrogens is 209 g/mol. The molecule has 0 spiro atoms. The number of hydrogen-bond donors (Lipinski definition) is 1. The van der Waals surface area contributed by atoms with E-state index in [1.54, 1.807) is 13.8 Å². The molecule has 0 amide bonds. The van der Waals surface area contributed by atoms with Crippen molar-refractivity contribution in [2.75, 3.05) is 6.61 Å². The zero-order valence-electron chi connectivity index (χ0n) is 9.56. The first kappa shape index (κ1) is 14.7. The van der Waals surface area contributed by atoms with Gasteiger partial charge in [-0.2, -0.15) is 13.2 Å². The van der Waals surface area contributed by atoms with Crippen LogP contribution < -0.4 is 0 Å². The predicted molar refractivity (Wildman–Crippen MR) is 51.2 cm³/mol. The SMILES string of the molecule is CC(C)CC(O)(OCC(F)(F)F)C(C)C. The van der Waals surface area contributed by atoms with E-state index in [0.29, 0.717) is 0 Å². The summed E-state index contributed by atoms with van der Waals surface area (Å²) in [7, 11) is 0. The number of hydrogen-bond acceptors (Lipinski definition) is 2. The van der Waals surface area contributed by atoms with E-state index in [4.69, 9.17) is 0 Å². The normalized spacial score (nSPS) is 17.2. The predicted octanol–water partition coefficient (Wildman–Crippen LogP) is 2.96. The number of ether oxygens (including phenoxy) is 1. The maximum atomic E-state index is 12.0. The molecular formula is C10H19F3O2. The topological polar surface area (TPSA) is 29.5 Å². The summed E-state index contributed by atoms with van der Waals surface area (Å²) in [5.74, 6) is -1.99. The second kappa shape index (κ2) is 5.16. The van der Waals surface area contributed by atoms with Crippen LogP contribution in [0.4, 0.5) is 13.2 Å². The fourth-order valence-corrected chi connectivity index (χ4v) is 1.25. The highest BCUT2D eigenvalue weighted by Gasteiger charge is 2.38. The van der Waals surface area contributed by atoms with Crippen LogP contribution in [0, 0.1) is 11.8 Å². The summed E-state index contributed by atoms with van der Waals surface area (Å²) in [5, 5.41) is 9.90. The van der Waals surface area contributed by atoms with Crippen LogP contribution in [0.5, 0.6) is 0 Å². The summed E-state index contributed by atoms with van der Waals surface area (Å²) in [5.41, 5.74) is 0. The van der Waals surface area contributed by atoms with Gasteiger partial charge in [-0.3, -0.25) is 0 Å². The van der Waals surface area contributed by atoms with Gasteiger partial charge in [0.2, 0.25) is 0 Å². The molecule has 0 heterocycles. The summed E-state index contributed by atoms with van der Waals surface area (Å²) < 4.78 is 40.4. The molecule has 0 aromatic carbocycles. The summed E-state index contributed by atoms with van der Waals surface area (Å²) in [6.07, 6.45) is -4.21. The van der Waals surface area contributed by atoms with Crippen molar-refractivity contribution in [1.29, 1.82) is 0 Å². The van der Waals surface area contributed by atoms with Gasteiger partial charge < -0.3 is 9.84 Å². The van der Waals surface area contributed by atoms with Crippen LogP contribution in [0.25, 0.3) is 0 Å². The molecule has 0 aliphatic carbocycles. The fraction of sp³-hybridized carbons (Fsp3) is 1.00. The largest absolute Gasteiger partial charge is 0.411 e. The molecule has 15 heavy (non-hydrogen) atoms. The van der Waals surface area contributed by atoms with Crippen LogP contribution in [-0.4, -0.2) is 23.7 Å². The van der Waals surface area contributed by atoms with E-state index in [0.717, 1.165) is 0 Å². The molecule has 0 aliphatic heterocycles. The van der Waals surface area contributed by atoms with E-state index in [1.807, 2.05) is 13.8 Å². The molecule has 0 bridgehead atoms. The van der Waals surface area contributed by atoms with Crippen molar-refractivity contribution < 1.29 is 23.0 Å². The zero-order valence-corrected chi connectivity index (χ0v) is 9.56. The average Bonchev–Trinajstić information content (AvgIpc) is 1.98. The summed E-state index contributed by atoms with van der Waals surface area (Å²) in [6, 6.07) is 0. The molecule has 2 nitrogen and oxygen atoms in total. The smallest absolute Gasteiger partial charge is 0.365 e. The molecule has 0 aliphatic rings. The molecule has 5 heteroatoms. The van der Waals surface area contributed by atoms with Crippen molar-refractivity contribution in [2.45, 2.75) is 46.1 Å². The van der Waals surface area contributed by atoms with Gasteiger partial charge in [-0.05, 0) is 5.92 Å². The first-order chi connectivity index (χ1) is 6.57. The minimum absolute atomic E-state index is 0.0747. The number of alkyl halides is 3. The minimum atomic E-state index is -4.40. The Bertz CT molecular complexity index is 190. The number of halogens is 3. The van der Waals surface area contributed by atoms with Gasteiger partial charge in [0.25, 0.3) is 0 Å². The van der Waals surface area contributed by atoms with Gasteiger partial charge in [-0.25, -0.2) is 0 Å². The maximum Gasteiger partial charge on any atom is 0.411 e. The van der Waals surface area contributed by atoms with Crippen LogP contribution in [0.15, 0.2) is 0 Å². The molecule has 0 rings (SSSR count). The van der Waals surface area contributed by atoms with Gasteiger partial charge in [-0.15, -0.1) is 0 Å². The van der Waals surface area contributed by atoms with Gasteiger partial charge in [-0.1, -0.05) is 27.7 Å². The zero-order chi connectivity index (χ0) is 12.3. The van der Waals surface area contributed by atoms with Gasteiger partial charge in [0, 0.05) is 12.3 Å². The Morgan fingerprint density at radius 1 is 1.13 bits per heavy atom. The quantitative estimate of drug-likeness (QED) is 0.733. The van der Waals surface area contributed by atoms with Crippen LogP contribution >= 0.6 is 0 Å². The second-order valence-electron chi connectivity index (χ2n) is 4.50. The highest BCUT2D eigenvalue weighted by atomic mass is 19.4. The van der Waals surface area contributed by atoms with E-state index < -0.39 is 18.6 Å². The fourth-order valence-electron chi connectivity index (χ4n) is 1.25. The molecule has 1 atom stereocenters. The van der Waals surface area contributed by atoms with Crippen molar-refractivity contribution in [3.63, 3.8) is 0 Å². The highest BCUT2D eigenvalue weighted by molar-refractivity contribution is 4.74. The third-order valence-electron chi connectivity index (χ3n) is 2.09. The van der Waals surface area contributed by atoms with Crippen molar-refractivity contribution in [1.82, 2.24) is 0 Å². The lowest BCUT2D eigenvalue weighted by Crippen LogP contribution is -2.42. The van der Waals surface area contributed by atoms with Gasteiger partial charge in [0.15, 0.2) is 5.79 Å². The monoisotopic (exact) mass is 228 g/mol. The molecule has 92 valence electrons. The van der Waals surface area contributed by atoms with Crippen LogP contribution in [0.1, 0.15) is 34.1 Å². The highest BCUT2D eigenvalue weighted by Crippen LogP contribution is 2.29. The molecule has 0 saturated carbocycles. The molecule has 1 N–H and O–H groups in total. The molecule has 0 saturated heterocycles. The van der Waals surface area contributed by atoms with Crippen LogP contribution in [0.3, 0.4) is 0 Å². The van der Waals surface area contributed by atoms with E-state index >= 15 is 0 Å². The van der Waals surface area contributed by atoms with Crippen LogP contribution in [-0.2, 0) is 4.74 Å².